The zero-order chi connectivity index (χ0) is 19.6. The second-order valence-corrected chi connectivity index (χ2v) is 7.38. The van der Waals surface area contributed by atoms with Crippen LogP contribution in [0.4, 0.5) is 0 Å². The second-order valence-electron chi connectivity index (χ2n) is 7.38. The highest BCUT2D eigenvalue weighted by atomic mass is 16.5. The third kappa shape index (κ3) is 3.57. The molecular weight excluding hydrogens is 362 g/mol. The van der Waals surface area contributed by atoms with Crippen LogP contribution in [0.1, 0.15) is 11.3 Å². The molecule has 5 rings (SSSR count). The van der Waals surface area contributed by atoms with Crippen LogP contribution in [0, 0.1) is 0 Å². The van der Waals surface area contributed by atoms with Gasteiger partial charge in [-0.05, 0) is 35.9 Å². The molecule has 1 N–H and O–H groups in total. The molecule has 0 fully saturated rings. The largest absolute Gasteiger partial charge is 0.489 e. The summed E-state index contributed by atoms with van der Waals surface area (Å²) in [5.41, 5.74) is 4.42. The maximum absolute atomic E-state index is 12.7. The Morgan fingerprint density at radius 3 is 2.72 bits per heavy atom. The molecule has 0 bridgehead atoms. The Kier molecular flexibility index (Phi) is 4.66. The van der Waals surface area contributed by atoms with Gasteiger partial charge in [0.1, 0.15) is 12.4 Å². The van der Waals surface area contributed by atoms with Gasteiger partial charge in [0.05, 0.1) is 0 Å². The van der Waals surface area contributed by atoms with Crippen LogP contribution in [0.5, 0.6) is 5.75 Å². The maximum Gasteiger partial charge on any atom is 0.258 e. The molecule has 5 heteroatoms. The van der Waals surface area contributed by atoms with Crippen LogP contribution in [0.15, 0.2) is 77.7 Å². The van der Waals surface area contributed by atoms with Crippen molar-refractivity contribution in [1.29, 1.82) is 0 Å². The highest BCUT2D eigenvalue weighted by molar-refractivity contribution is 5.83. The first kappa shape index (κ1) is 17.8. The van der Waals surface area contributed by atoms with E-state index in [0.29, 0.717) is 12.4 Å². The Bertz CT molecular complexity index is 1210. The van der Waals surface area contributed by atoms with Gasteiger partial charge in [-0.25, -0.2) is 0 Å². The monoisotopic (exact) mass is 385 g/mol. The van der Waals surface area contributed by atoms with Crippen LogP contribution in [0.3, 0.4) is 0 Å². The van der Waals surface area contributed by atoms with Crippen LogP contribution in [-0.2, 0) is 19.6 Å². The molecule has 0 atom stereocenters. The van der Waals surface area contributed by atoms with E-state index in [1.165, 1.54) is 16.6 Å². The second kappa shape index (κ2) is 7.60. The van der Waals surface area contributed by atoms with Crippen molar-refractivity contribution in [2.75, 3.05) is 13.1 Å². The van der Waals surface area contributed by atoms with Crippen LogP contribution < -0.4 is 15.6 Å². The number of pyridine rings is 1. The van der Waals surface area contributed by atoms with Gasteiger partial charge in [-0.2, -0.15) is 0 Å². The quantitative estimate of drug-likeness (QED) is 0.585. The number of hydrogen-bond donors (Lipinski definition) is 1. The van der Waals surface area contributed by atoms with Crippen molar-refractivity contribution in [2.45, 2.75) is 19.6 Å². The van der Waals surface area contributed by atoms with E-state index in [0.717, 1.165) is 37.3 Å². The topological polar surface area (TPSA) is 48.2 Å². The van der Waals surface area contributed by atoms with Gasteiger partial charge < -0.3 is 14.6 Å². The first-order chi connectivity index (χ1) is 14.3. The minimum Gasteiger partial charge on any atom is -0.489 e. The van der Waals surface area contributed by atoms with E-state index in [2.05, 4.69) is 28.1 Å². The average molecular weight is 385 g/mol. The van der Waals surface area contributed by atoms with Gasteiger partial charge in [-0.1, -0.05) is 30.3 Å². The lowest BCUT2D eigenvalue weighted by molar-refractivity contribution is 0.305. The summed E-state index contributed by atoms with van der Waals surface area (Å²) in [6.45, 7) is 3.42. The van der Waals surface area contributed by atoms with Crippen molar-refractivity contribution in [3.63, 3.8) is 0 Å². The Morgan fingerprint density at radius 1 is 0.966 bits per heavy atom. The van der Waals surface area contributed by atoms with Gasteiger partial charge in [0.25, 0.3) is 5.56 Å². The molecule has 0 saturated heterocycles. The van der Waals surface area contributed by atoms with E-state index in [4.69, 9.17) is 4.74 Å². The summed E-state index contributed by atoms with van der Waals surface area (Å²) in [6.07, 6.45) is 2.81. The van der Waals surface area contributed by atoms with Gasteiger partial charge >= 0.3 is 0 Å². The van der Waals surface area contributed by atoms with E-state index < -0.39 is 0 Å². The number of aromatic nitrogens is 2. The Hall–Kier alpha value is -3.31. The molecule has 0 saturated carbocycles. The van der Waals surface area contributed by atoms with Crippen LogP contribution in [0.2, 0.25) is 0 Å². The molecule has 0 radical (unpaired) electrons. The number of ether oxygens (including phenoxy) is 1. The third-order valence-electron chi connectivity index (χ3n) is 5.46. The fourth-order valence-corrected chi connectivity index (χ4v) is 3.97. The Balaban J connectivity index is 1.41. The van der Waals surface area contributed by atoms with Gasteiger partial charge in [0.2, 0.25) is 0 Å². The zero-order valence-electron chi connectivity index (χ0n) is 16.2. The fourth-order valence-electron chi connectivity index (χ4n) is 3.97. The molecule has 2 aromatic heterocycles. The summed E-state index contributed by atoms with van der Waals surface area (Å²) in [5, 5.41) is 4.61. The van der Waals surface area contributed by atoms with Gasteiger partial charge in [-0.3, -0.25) is 9.36 Å². The number of benzene rings is 2. The molecule has 146 valence electrons. The highest BCUT2D eigenvalue weighted by Gasteiger charge is 2.12. The lowest BCUT2D eigenvalue weighted by Crippen LogP contribution is -2.17. The fraction of sp³-hybridized carbons (Fsp3) is 0.208. The predicted molar refractivity (Wildman–Crippen MR) is 115 cm³/mol. The van der Waals surface area contributed by atoms with Gasteiger partial charge in [0, 0.05) is 60.6 Å². The van der Waals surface area contributed by atoms with Crippen molar-refractivity contribution < 1.29 is 4.74 Å². The van der Waals surface area contributed by atoms with Crippen molar-refractivity contribution in [2.24, 2.45) is 0 Å². The standard InChI is InChI=1S/C24H23N3O2/c28-24-16-22(29-17-18-4-2-1-3-5-18)9-12-27(24)20-6-7-23-19(14-20)15-21-8-10-25-11-13-26(21)23/h1-7,9,12,14-16,25H,8,10-11,13,17H2. The molecule has 0 aliphatic carbocycles. The molecular formula is C24H23N3O2. The molecule has 5 nitrogen and oxygen atoms in total. The summed E-state index contributed by atoms with van der Waals surface area (Å²) < 4.78 is 9.82. The zero-order valence-corrected chi connectivity index (χ0v) is 16.2. The van der Waals surface area contributed by atoms with Gasteiger partial charge in [0.15, 0.2) is 0 Å². The average Bonchev–Trinajstić information content (AvgIpc) is 2.92. The lowest BCUT2D eigenvalue weighted by Gasteiger charge is -2.10. The molecule has 4 aromatic rings. The Morgan fingerprint density at radius 2 is 1.86 bits per heavy atom. The van der Waals surface area contributed by atoms with Crippen molar-refractivity contribution in [3.05, 3.63) is 94.5 Å². The molecule has 1 aliphatic rings. The van der Waals surface area contributed by atoms with E-state index in [1.54, 1.807) is 16.8 Å². The molecule has 0 unspecified atom stereocenters. The summed E-state index contributed by atoms with van der Waals surface area (Å²) in [7, 11) is 0. The van der Waals surface area contributed by atoms with Gasteiger partial charge in [-0.15, -0.1) is 0 Å². The Labute approximate surface area is 169 Å². The minimum atomic E-state index is -0.0973. The summed E-state index contributed by atoms with van der Waals surface area (Å²) in [4.78, 5) is 12.7. The lowest BCUT2D eigenvalue weighted by atomic mass is 10.2. The first-order valence-electron chi connectivity index (χ1n) is 10.0. The first-order valence-corrected chi connectivity index (χ1v) is 10.0. The minimum absolute atomic E-state index is 0.0973. The normalized spacial score (nSPS) is 13.8. The summed E-state index contributed by atoms with van der Waals surface area (Å²) in [5.74, 6) is 0.583. The van der Waals surface area contributed by atoms with E-state index >= 15 is 0 Å². The van der Waals surface area contributed by atoms with Crippen LogP contribution in [-0.4, -0.2) is 22.2 Å². The number of fused-ring (bicyclic) bond motifs is 3. The molecule has 0 amide bonds. The maximum atomic E-state index is 12.7. The number of rotatable bonds is 4. The number of nitrogens with zero attached hydrogens (tertiary/aromatic N) is 2. The molecule has 2 aromatic carbocycles. The summed E-state index contributed by atoms with van der Waals surface area (Å²) in [6, 6.07) is 21.8. The molecule has 1 aliphatic heterocycles. The van der Waals surface area contributed by atoms with E-state index in [-0.39, 0.29) is 5.56 Å². The highest BCUT2D eigenvalue weighted by Crippen LogP contribution is 2.24. The SMILES string of the molecule is O=c1cc(OCc2ccccc2)ccn1-c1ccc2c(c1)cc1n2CCNCC1. The predicted octanol–water partition coefficient (Wildman–Crippen LogP) is 3.52. The molecule has 3 heterocycles. The summed E-state index contributed by atoms with van der Waals surface area (Å²) >= 11 is 0. The molecule has 0 spiro atoms. The number of nitrogens with one attached hydrogen (secondary N) is 1. The van der Waals surface area contributed by atoms with Crippen molar-refractivity contribution >= 4 is 10.9 Å². The number of hydrogen-bond acceptors (Lipinski definition) is 3. The van der Waals surface area contributed by atoms with Crippen LogP contribution in [0.25, 0.3) is 16.6 Å². The van der Waals surface area contributed by atoms with E-state index in [1.807, 2.05) is 42.5 Å². The third-order valence-corrected chi connectivity index (χ3v) is 5.46. The van der Waals surface area contributed by atoms with Crippen LogP contribution >= 0.6 is 0 Å². The smallest absolute Gasteiger partial charge is 0.258 e. The molecule has 29 heavy (non-hydrogen) atoms. The van der Waals surface area contributed by atoms with Crippen molar-refractivity contribution in [3.8, 4) is 11.4 Å². The van der Waals surface area contributed by atoms with Crippen molar-refractivity contribution in [1.82, 2.24) is 14.5 Å². The van der Waals surface area contributed by atoms with E-state index in [9.17, 15) is 4.79 Å².